The number of fused-ring (bicyclic) bond motifs is 4. The quantitative estimate of drug-likeness (QED) is 0.861. The summed E-state index contributed by atoms with van der Waals surface area (Å²) in [5.74, 6) is 1.89. The lowest BCUT2D eigenvalue weighted by Gasteiger charge is -2.51. The maximum atomic E-state index is 10.4. The molecule has 5 rings (SSSR count). The number of hydrogen-bond donors (Lipinski definition) is 1. The largest absolute Gasteiger partial charge is 0.507 e. The second-order valence-corrected chi connectivity index (χ2v) is 7.99. The molecule has 1 spiro atoms. The Hall–Kier alpha value is -2.73. The maximum absolute atomic E-state index is 10.4. The van der Waals surface area contributed by atoms with Gasteiger partial charge in [0.1, 0.15) is 5.75 Å². The molecular weight excluding hydrogens is 366 g/mol. The minimum Gasteiger partial charge on any atom is -0.507 e. The van der Waals surface area contributed by atoms with Gasteiger partial charge in [0.05, 0.1) is 18.9 Å². The Morgan fingerprint density at radius 1 is 1.17 bits per heavy atom. The van der Waals surface area contributed by atoms with E-state index < -0.39 is 5.72 Å². The highest BCUT2D eigenvalue weighted by molar-refractivity contribution is 6.04. The number of likely N-dealkylation sites (tertiary alicyclic amines) is 1. The average molecular weight is 393 g/mol. The van der Waals surface area contributed by atoms with Crippen LogP contribution in [0, 0.1) is 0 Å². The van der Waals surface area contributed by atoms with Crippen molar-refractivity contribution in [3.63, 3.8) is 0 Å². The second-order valence-electron chi connectivity index (χ2n) is 7.99. The number of nitrogens with zero attached hydrogens (tertiary/aromatic N) is 3. The lowest BCUT2D eigenvalue weighted by atomic mass is 9.90. The number of hydrazone groups is 1. The first-order valence-corrected chi connectivity index (χ1v) is 10.4. The zero-order chi connectivity index (χ0) is 20.0. The average Bonchev–Trinajstić information content (AvgIpc) is 3.21. The lowest BCUT2D eigenvalue weighted by Crippen LogP contribution is -2.59. The molecule has 1 N–H and O–H groups in total. The van der Waals surface area contributed by atoms with Crippen molar-refractivity contribution in [3.05, 3.63) is 53.6 Å². The van der Waals surface area contributed by atoms with Crippen LogP contribution in [0.5, 0.6) is 17.2 Å². The molecule has 0 amide bonds. The zero-order valence-corrected chi connectivity index (χ0v) is 17.0. The summed E-state index contributed by atoms with van der Waals surface area (Å²) in [6, 6.07) is 13.6. The molecular formula is C23H27N3O3. The van der Waals surface area contributed by atoms with Gasteiger partial charge in [0, 0.05) is 43.5 Å². The van der Waals surface area contributed by atoms with Gasteiger partial charge in [-0.05, 0) is 24.7 Å². The van der Waals surface area contributed by atoms with Gasteiger partial charge in [0.25, 0.3) is 0 Å². The molecule has 6 nitrogen and oxygen atoms in total. The SMILES string of the molecule is CCN1CCC2(CC1)Oc1c(OC)cccc1C1CC(c3ccccc3O)=NN12. The Kier molecular flexibility index (Phi) is 4.39. The van der Waals surface area contributed by atoms with Gasteiger partial charge in [-0.3, -0.25) is 0 Å². The highest BCUT2D eigenvalue weighted by Gasteiger charge is 2.52. The lowest BCUT2D eigenvalue weighted by molar-refractivity contribution is -0.150. The summed E-state index contributed by atoms with van der Waals surface area (Å²) in [5, 5.41) is 17.6. The summed E-state index contributed by atoms with van der Waals surface area (Å²) in [7, 11) is 1.69. The monoisotopic (exact) mass is 393 g/mol. The number of piperidine rings is 1. The fourth-order valence-corrected chi connectivity index (χ4v) is 4.86. The summed E-state index contributed by atoms with van der Waals surface area (Å²) in [5.41, 5.74) is 2.32. The standard InChI is InChI=1S/C23H27N3O3/c1-3-25-13-11-23(12-14-25)26-19(17-8-6-10-21(28-2)22(17)29-23)15-18(24-26)16-7-4-5-9-20(16)27/h4-10,19,27H,3,11-15H2,1-2H3. The van der Waals surface area contributed by atoms with Crippen molar-refractivity contribution in [3.8, 4) is 17.2 Å². The van der Waals surface area contributed by atoms with E-state index in [1.54, 1.807) is 13.2 Å². The number of benzene rings is 2. The van der Waals surface area contributed by atoms with Crippen molar-refractivity contribution >= 4 is 5.71 Å². The first-order valence-electron chi connectivity index (χ1n) is 10.4. The van der Waals surface area contributed by atoms with Gasteiger partial charge in [0.2, 0.25) is 5.72 Å². The van der Waals surface area contributed by atoms with Crippen LogP contribution in [0.15, 0.2) is 47.6 Å². The number of methoxy groups -OCH3 is 1. The highest BCUT2D eigenvalue weighted by Crippen LogP contribution is 2.52. The van der Waals surface area contributed by atoms with Crippen molar-refractivity contribution in [2.45, 2.75) is 38.0 Å². The van der Waals surface area contributed by atoms with Crippen LogP contribution in [0.25, 0.3) is 0 Å². The second kappa shape index (κ2) is 6.95. The molecule has 2 aromatic carbocycles. The predicted molar refractivity (Wildman–Crippen MR) is 112 cm³/mol. The Bertz CT molecular complexity index is 950. The smallest absolute Gasteiger partial charge is 0.200 e. The number of para-hydroxylation sites is 2. The van der Waals surface area contributed by atoms with E-state index in [1.807, 2.05) is 30.3 Å². The summed E-state index contributed by atoms with van der Waals surface area (Å²) < 4.78 is 12.3. The van der Waals surface area contributed by atoms with Crippen molar-refractivity contribution in [1.29, 1.82) is 0 Å². The van der Waals surface area contributed by atoms with Gasteiger partial charge in [-0.2, -0.15) is 5.10 Å². The zero-order valence-electron chi connectivity index (χ0n) is 17.0. The molecule has 0 bridgehead atoms. The molecule has 1 atom stereocenters. The number of rotatable bonds is 3. The van der Waals surface area contributed by atoms with Crippen molar-refractivity contribution < 1.29 is 14.6 Å². The molecule has 152 valence electrons. The van der Waals surface area contributed by atoms with Crippen LogP contribution < -0.4 is 9.47 Å². The van der Waals surface area contributed by atoms with Crippen LogP contribution in [0.3, 0.4) is 0 Å². The van der Waals surface area contributed by atoms with Crippen molar-refractivity contribution in [1.82, 2.24) is 9.91 Å². The Balaban J connectivity index is 1.60. The fraction of sp³-hybridized carbons (Fsp3) is 0.435. The van der Waals surface area contributed by atoms with Crippen LogP contribution in [-0.2, 0) is 0 Å². The Morgan fingerprint density at radius 2 is 1.97 bits per heavy atom. The van der Waals surface area contributed by atoms with E-state index in [4.69, 9.17) is 14.6 Å². The molecule has 29 heavy (non-hydrogen) atoms. The molecule has 3 aliphatic heterocycles. The molecule has 1 unspecified atom stereocenters. The molecule has 6 heteroatoms. The van der Waals surface area contributed by atoms with Crippen LogP contribution in [0.2, 0.25) is 0 Å². The number of ether oxygens (including phenoxy) is 2. The Morgan fingerprint density at radius 3 is 2.69 bits per heavy atom. The first-order chi connectivity index (χ1) is 14.1. The van der Waals surface area contributed by atoms with Crippen LogP contribution >= 0.6 is 0 Å². The van der Waals surface area contributed by atoms with Crippen LogP contribution in [0.4, 0.5) is 0 Å². The first kappa shape index (κ1) is 18.3. The molecule has 3 aliphatic rings. The number of phenolic OH excluding ortho intramolecular Hbond substituents is 1. The minimum absolute atomic E-state index is 0.0802. The number of phenols is 1. The summed E-state index contributed by atoms with van der Waals surface area (Å²) in [4.78, 5) is 2.45. The van der Waals surface area contributed by atoms with Gasteiger partial charge >= 0.3 is 0 Å². The molecule has 1 fully saturated rings. The van der Waals surface area contributed by atoms with Gasteiger partial charge < -0.3 is 19.5 Å². The maximum Gasteiger partial charge on any atom is 0.200 e. The van der Waals surface area contributed by atoms with E-state index in [2.05, 4.69) is 22.9 Å². The number of aromatic hydroxyl groups is 1. The van der Waals surface area contributed by atoms with Crippen LogP contribution in [0.1, 0.15) is 43.4 Å². The third-order valence-electron chi connectivity index (χ3n) is 6.51. The molecule has 1 saturated heterocycles. The topological polar surface area (TPSA) is 57.5 Å². The molecule has 0 aromatic heterocycles. The van der Waals surface area contributed by atoms with Crippen molar-refractivity contribution in [2.75, 3.05) is 26.7 Å². The Labute approximate surface area is 171 Å². The van der Waals surface area contributed by atoms with Gasteiger partial charge in [0.15, 0.2) is 11.5 Å². The van der Waals surface area contributed by atoms with E-state index >= 15 is 0 Å². The third kappa shape index (κ3) is 2.85. The van der Waals surface area contributed by atoms with E-state index in [9.17, 15) is 5.11 Å². The molecule has 3 heterocycles. The summed E-state index contributed by atoms with van der Waals surface area (Å²) in [6.07, 6.45) is 2.50. The molecule has 0 aliphatic carbocycles. The van der Waals surface area contributed by atoms with Crippen molar-refractivity contribution in [2.24, 2.45) is 5.10 Å². The van der Waals surface area contributed by atoms with Gasteiger partial charge in [-0.15, -0.1) is 0 Å². The fourth-order valence-electron chi connectivity index (χ4n) is 4.86. The highest BCUT2D eigenvalue weighted by atomic mass is 16.5. The predicted octanol–water partition coefficient (Wildman–Crippen LogP) is 3.76. The number of hydrogen-bond acceptors (Lipinski definition) is 6. The normalized spacial score (nSPS) is 22.6. The van der Waals surface area contributed by atoms with Crippen LogP contribution in [-0.4, -0.2) is 53.2 Å². The van der Waals surface area contributed by atoms with E-state index in [-0.39, 0.29) is 11.8 Å². The minimum atomic E-state index is -0.482. The summed E-state index contributed by atoms with van der Waals surface area (Å²) in [6.45, 7) is 5.20. The van der Waals surface area contributed by atoms with E-state index in [1.165, 1.54) is 0 Å². The van der Waals surface area contributed by atoms with Gasteiger partial charge in [-0.1, -0.05) is 31.2 Å². The summed E-state index contributed by atoms with van der Waals surface area (Å²) >= 11 is 0. The van der Waals surface area contributed by atoms with Gasteiger partial charge in [-0.25, -0.2) is 5.01 Å². The van der Waals surface area contributed by atoms with E-state index in [0.717, 1.165) is 67.2 Å². The molecule has 0 saturated carbocycles. The van der Waals surface area contributed by atoms with E-state index in [0.29, 0.717) is 0 Å². The molecule has 0 radical (unpaired) electrons. The molecule has 2 aromatic rings. The third-order valence-corrected chi connectivity index (χ3v) is 6.51.